The first-order valence-electron chi connectivity index (χ1n) is 1.82. The molecule has 8 heavy (non-hydrogen) atoms. The Hall–Kier alpha value is -0.150. The van der Waals surface area contributed by atoms with Gasteiger partial charge in [-0.25, -0.2) is 0 Å². The Labute approximate surface area is 61.9 Å². The third-order valence-corrected chi connectivity index (χ3v) is 1.02. The highest BCUT2D eigenvalue weighted by molar-refractivity contribution is 9.10. The van der Waals surface area contributed by atoms with Crippen molar-refractivity contribution in [2.24, 2.45) is 0 Å². The van der Waals surface area contributed by atoms with E-state index in [1.807, 2.05) is 6.07 Å². The van der Waals surface area contributed by atoms with Crippen molar-refractivity contribution >= 4 is 28.3 Å². The van der Waals surface area contributed by atoms with Gasteiger partial charge in [0.25, 0.3) is 0 Å². The summed E-state index contributed by atoms with van der Waals surface area (Å²) in [4.78, 5) is 0. The normalized spacial score (nSPS) is 7.62. The predicted octanol–water partition coefficient (Wildman–Crippen LogP) is 1.66. The largest absolute Gasteiger partial charge is 0.159 e. The van der Waals surface area contributed by atoms with E-state index in [9.17, 15) is 0 Å². The summed E-state index contributed by atoms with van der Waals surface area (Å²) in [5.74, 6) is 0. The Morgan fingerprint density at radius 3 is 2.38 bits per heavy atom. The molecule has 1 rings (SSSR count). The van der Waals surface area contributed by atoms with Gasteiger partial charge in [-0.05, 0) is 22.0 Å². The van der Waals surface area contributed by atoms with Gasteiger partial charge in [-0.2, -0.15) is 10.2 Å². The number of nitrogens with zero attached hydrogens (tertiary/aromatic N) is 2. The number of rotatable bonds is 0. The number of hydrogen-bond donors (Lipinski definition) is 0. The van der Waals surface area contributed by atoms with Crippen LogP contribution in [-0.2, 0) is 0 Å². The summed E-state index contributed by atoms with van der Waals surface area (Å²) in [6.45, 7) is 0. The van der Waals surface area contributed by atoms with E-state index in [-0.39, 0.29) is 12.4 Å². The molecule has 2 nitrogen and oxygen atoms in total. The molecule has 1 aromatic heterocycles. The first kappa shape index (κ1) is 7.85. The van der Waals surface area contributed by atoms with Crippen molar-refractivity contribution in [2.45, 2.75) is 0 Å². The Bertz CT molecular complexity index is 144. The lowest BCUT2D eigenvalue weighted by Crippen LogP contribution is -1.73. The van der Waals surface area contributed by atoms with E-state index >= 15 is 0 Å². The molecule has 0 saturated carbocycles. The molecule has 0 radical (unpaired) electrons. The maximum Gasteiger partial charge on any atom is 0.0638 e. The first-order chi connectivity index (χ1) is 3.39. The molecular formula is C4H4BrClN2. The van der Waals surface area contributed by atoms with Crippen molar-refractivity contribution in [2.75, 3.05) is 0 Å². The average Bonchev–Trinajstić information content (AvgIpc) is 1.69. The third-order valence-electron chi connectivity index (χ3n) is 0.548. The van der Waals surface area contributed by atoms with Crippen LogP contribution in [0.2, 0.25) is 0 Å². The number of aromatic nitrogens is 2. The van der Waals surface area contributed by atoms with Crippen LogP contribution < -0.4 is 0 Å². The maximum atomic E-state index is 3.59. The van der Waals surface area contributed by atoms with Gasteiger partial charge in [-0.15, -0.1) is 12.4 Å². The highest BCUT2D eigenvalue weighted by atomic mass is 79.9. The molecule has 0 aliphatic carbocycles. The molecule has 0 N–H and O–H groups in total. The van der Waals surface area contributed by atoms with E-state index in [1.165, 1.54) is 0 Å². The molecular weight excluding hydrogens is 191 g/mol. The fourth-order valence-electron chi connectivity index (χ4n) is 0.275. The Morgan fingerprint density at radius 2 is 2.12 bits per heavy atom. The van der Waals surface area contributed by atoms with E-state index in [0.717, 1.165) is 4.47 Å². The van der Waals surface area contributed by atoms with Gasteiger partial charge in [0.15, 0.2) is 0 Å². The minimum absolute atomic E-state index is 0. The second kappa shape index (κ2) is 3.80. The van der Waals surface area contributed by atoms with Crippen LogP contribution in [-0.4, -0.2) is 10.2 Å². The predicted molar refractivity (Wildman–Crippen MR) is 37.0 cm³/mol. The maximum absolute atomic E-state index is 3.59. The van der Waals surface area contributed by atoms with Crippen LogP contribution in [0.15, 0.2) is 22.9 Å². The van der Waals surface area contributed by atoms with E-state index in [2.05, 4.69) is 26.1 Å². The minimum atomic E-state index is 0. The van der Waals surface area contributed by atoms with Gasteiger partial charge in [0.2, 0.25) is 0 Å². The highest BCUT2D eigenvalue weighted by Gasteiger charge is 1.76. The van der Waals surface area contributed by atoms with Crippen molar-refractivity contribution in [1.82, 2.24) is 10.2 Å². The zero-order chi connectivity index (χ0) is 5.11. The number of halogens is 2. The van der Waals surface area contributed by atoms with Gasteiger partial charge in [0, 0.05) is 4.47 Å². The number of hydrogen-bond acceptors (Lipinski definition) is 2. The molecule has 1 aromatic rings. The summed E-state index contributed by atoms with van der Waals surface area (Å²) >= 11 is 3.21. The molecule has 0 aliphatic rings. The zero-order valence-corrected chi connectivity index (χ0v) is 6.32. The van der Waals surface area contributed by atoms with Crippen molar-refractivity contribution < 1.29 is 0 Å². The van der Waals surface area contributed by atoms with E-state index < -0.39 is 0 Å². The van der Waals surface area contributed by atoms with Crippen molar-refractivity contribution in [3.8, 4) is 0 Å². The molecule has 0 bridgehead atoms. The monoisotopic (exact) mass is 194 g/mol. The Morgan fingerprint density at radius 1 is 1.38 bits per heavy atom. The fraction of sp³-hybridized carbons (Fsp3) is 0. The van der Waals surface area contributed by atoms with Gasteiger partial charge < -0.3 is 0 Å². The van der Waals surface area contributed by atoms with Crippen LogP contribution >= 0.6 is 28.3 Å². The Balaban J connectivity index is 0.000000490. The molecule has 0 amide bonds. The molecule has 0 atom stereocenters. The highest BCUT2D eigenvalue weighted by Crippen LogP contribution is 2.01. The van der Waals surface area contributed by atoms with Crippen LogP contribution in [0.5, 0.6) is 0 Å². The Kier molecular flexibility index (Phi) is 3.73. The summed E-state index contributed by atoms with van der Waals surface area (Å²) < 4.78 is 0.961. The molecule has 0 spiro atoms. The molecule has 0 saturated heterocycles. The lowest BCUT2D eigenvalue weighted by molar-refractivity contribution is 1.02. The van der Waals surface area contributed by atoms with Crippen molar-refractivity contribution in [3.05, 3.63) is 22.9 Å². The second-order valence-electron chi connectivity index (χ2n) is 1.06. The standard InChI is InChI=1S/C4H3BrN2.ClH/c5-4-1-2-6-7-3-4;/h1-3H;1H. The smallest absolute Gasteiger partial charge is 0.0638 e. The molecule has 0 aliphatic heterocycles. The lowest BCUT2D eigenvalue weighted by Gasteiger charge is -1.78. The van der Waals surface area contributed by atoms with Crippen molar-refractivity contribution in [1.29, 1.82) is 0 Å². The molecule has 44 valence electrons. The van der Waals surface area contributed by atoms with Gasteiger partial charge in [-0.3, -0.25) is 0 Å². The topological polar surface area (TPSA) is 25.8 Å². The van der Waals surface area contributed by atoms with Crippen LogP contribution in [0.25, 0.3) is 0 Å². The first-order valence-corrected chi connectivity index (χ1v) is 2.61. The van der Waals surface area contributed by atoms with Crippen LogP contribution in [0.4, 0.5) is 0 Å². The summed E-state index contributed by atoms with van der Waals surface area (Å²) in [5, 5.41) is 7.15. The van der Waals surface area contributed by atoms with E-state index in [1.54, 1.807) is 12.4 Å². The van der Waals surface area contributed by atoms with Gasteiger partial charge in [-0.1, -0.05) is 0 Å². The molecule has 4 heteroatoms. The molecule has 1 heterocycles. The van der Waals surface area contributed by atoms with E-state index in [4.69, 9.17) is 0 Å². The van der Waals surface area contributed by atoms with Gasteiger partial charge in [0.1, 0.15) is 0 Å². The summed E-state index contributed by atoms with van der Waals surface area (Å²) in [7, 11) is 0. The molecule has 0 aromatic carbocycles. The lowest BCUT2D eigenvalue weighted by atomic mass is 10.6. The molecule has 0 unspecified atom stereocenters. The zero-order valence-electron chi connectivity index (χ0n) is 3.91. The summed E-state index contributed by atoms with van der Waals surface area (Å²) in [5.41, 5.74) is 0. The summed E-state index contributed by atoms with van der Waals surface area (Å²) in [6, 6.07) is 1.83. The third kappa shape index (κ3) is 2.23. The van der Waals surface area contributed by atoms with Crippen LogP contribution in [0, 0.1) is 0 Å². The average molecular weight is 195 g/mol. The van der Waals surface area contributed by atoms with Crippen molar-refractivity contribution in [3.63, 3.8) is 0 Å². The minimum Gasteiger partial charge on any atom is -0.159 e. The fourth-order valence-corrected chi connectivity index (χ4v) is 0.484. The molecule has 0 fully saturated rings. The second-order valence-corrected chi connectivity index (χ2v) is 1.98. The van der Waals surface area contributed by atoms with E-state index in [0.29, 0.717) is 0 Å². The van der Waals surface area contributed by atoms with Gasteiger partial charge in [0.05, 0.1) is 12.4 Å². The quantitative estimate of drug-likeness (QED) is 0.629. The van der Waals surface area contributed by atoms with Crippen LogP contribution in [0.1, 0.15) is 0 Å². The SMILES string of the molecule is Brc1ccnnc1.Cl. The van der Waals surface area contributed by atoms with Crippen LogP contribution in [0.3, 0.4) is 0 Å². The summed E-state index contributed by atoms with van der Waals surface area (Å²) in [6.07, 6.45) is 3.27. The van der Waals surface area contributed by atoms with Gasteiger partial charge >= 0.3 is 0 Å².